The maximum absolute atomic E-state index is 5.58. The molecule has 0 unspecified atom stereocenters. The third kappa shape index (κ3) is 4.46. The average Bonchev–Trinajstić information content (AvgIpc) is 2.49. The van der Waals surface area contributed by atoms with Gasteiger partial charge in [-0.3, -0.25) is 0 Å². The lowest BCUT2D eigenvalue weighted by Gasteiger charge is -2.18. The minimum absolute atomic E-state index is 0.245. The van der Waals surface area contributed by atoms with E-state index in [1.807, 2.05) is 19.1 Å². The predicted molar refractivity (Wildman–Crippen MR) is 88.0 cm³/mol. The van der Waals surface area contributed by atoms with Crippen LogP contribution in [0.1, 0.15) is 18.1 Å². The van der Waals surface area contributed by atoms with Crippen LogP contribution in [0.2, 0.25) is 0 Å². The quantitative estimate of drug-likeness (QED) is 0.725. The summed E-state index contributed by atoms with van der Waals surface area (Å²) in [4.78, 5) is 0. The Balaban J connectivity index is 2.10. The van der Waals surface area contributed by atoms with Crippen LogP contribution in [0.25, 0.3) is 0 Å². The summed E-state index contributed by atoms with van der Waals surface area (Å²) in [5.74, 6) is 0.245. The summed E-state index contributed by atoms with van der Waals surface area (Å²) in [6.45, 7) is 2.62. The van der Waals surface area contributed by atoms with E-state index in [1.165, 1.54) is 11.1 Å². The summed E-state index contributed by atoms with van der Waals surface area (Å²) < 4.78 is 5.58. The number of thiocarbonyl (C=S) groups is 1. The Morgan fingerprint density at radius 2 is 1.35 bits per heavy atom. The predicted octanol–water partition coefficient (Wildman–Crippen LogP) is 4.45. The Morgan fingerprint density at radius 3 is 1.75 bits per heavy atom. The molecule has 2 aromatic carbocycles. The molecule has 1 nitrogen and oxygen atoms in total. The molecule has 0 atom stereocenters. The van der Waals surface area contributed by atoms with Crippen LogP contribution in [-0.2, 0) is 17.6 Å². The van der Waals surface area contributed by atoms with E-state index in [-0.39, 0.29) is 5.92 Å². The van der Waals surface area contributed by atoms with Crippen LogP contribution < -0.4 is 0 Å². The molecule has 0 fully saturated rings. The molecule has 0 aliphatic rings. The SMILES string of the molecule is CCOC(=S)C(Cc1ccccc1)Cc1ccccc1. The largest absolute Gasteiger partial charge is 0.487 e. The maximum atomic E-state index is 5.58. The van der Waals surface area contributed by atoms with Gasteiger partial charge in [-0.05, 0) is 43.1 Å². The van der Waals surface area contributed by atoms with E-state index >= 15 is 0 Å². The lowest BCUT2D eigenvalue weighted by Crippen LogP contribution is -2.20. The van der Waals surface area contributed by atoms with Crippen molar-refractivity contribution < 1.29 is 4.74 Å². The van der Waals surface area contributed by atoms with E-state index < -0.39 is 0 Å². The fourth-order valence-corrected chi connectivity index (χ4v) is 2.58. The second-order valence-electron chi connectivity index (χ2n) is 4.83. The van der Waals surface area contributed by atoms with Gasteiger partial charge in [0.05, 0.1) is 6.61 Å². The molecular formula is C18H20OS. The Morgan fingerprint density at radius 1 is 0.900 bits per heavy atom. The van der Waals surface area contributed by atoms with Crippen LogP contribution in [0, 0.1) is 5.92 Å². The van der Waals surface area contributed by atoms with Crippen LogP contribution in [0.3, 0.4) is 0 Å². The number of benzene rings is 2. The highest BCUT2D eigenvalue weighted by Gasteiger charge is 2.17. The van der Waals surface area contributed by atoms with E-state index in [9.17, 15) is 0 Å². The first kappa shape index (κ1) is 14.7. The molecule has 0 bridgehead atoms. The minimum Gasteiger partial charge on any atom is -0.487 e. The molecule has 2 heteroatoms. The van der Waals surface area contributed by atoms with Gasteiger partial charge in [0.25, 0.3) is 0 Å². The first-order valence-electron chi connectivity index (χ1n) is 7.04. The molecule has 0 aromatic heterocycles. The van der Waals surface area contributed by atoms with Crippen molar-refractivity contribution in [2.75, 3.05) is 6.61 Å². The van der Waals surface area contributed by atoms with Crippen molar-refractivity contribution in [2.24, 2.45) is 5.92 Å². The summed E-state index contributed by atoms with van der Waals surface area (Å²) in [6, 6.07) is 20.9. The average molecular weight is 284 g/mol. The van der Waals surface area contributed by atoms with E-state index in [2.05, 4.69) is 48.5 Å². The van der Waals surface area contributed by atoms with Crippen LogP contribution >= 0.6 is 12.2 Å². The first-order valence-corrected chi connectivity index (χ1v) is 7.45. The van der Waals surface area contributed by atoms with Crippen molar-refractivity contribution in [1.82, 2.24) is 0 Å². The van der Waals surface area contributed by atoms with Gasteiger partial charge in [0.1, 0.15) is 0 Å². The summed E-state index contributed by atoms with van der Waals surface area (Å²) in [5.41, 5.74) is 2.60. The van der Waals surface area contributed by atoms with Crippen LogP contribution in [-0.4, -0.2) is 11.7 Å². The van der Waals surface area contributed by atoms with E-state index in [0.717, 1.165) is 17.9 Å². The highest BCUT2D eigenvalue weighted by molar-refractivity contribution is 7.80. The van der Waals surface area contributed by atoms with Gasteiger partial charge in [0.2, 0.25) is 0 Å². The summed E-state index contributed by atoms with van der Waals surface area (Å²) in [7, 11) is 0. The fourth-order valence-electron chi connectivity index (χ4n) is 2.30. The molecule has 2 aromatic rings. The summed E-state index contributed by atoms with van der Waals surface area (Å²) >= 11 is 5.45. The Kier molecular flexibility index (Phi) is 5.75. The Bertz CT molecular complexity index is 480. The number of rotatable bonds is 6. The third-order valence-electron chi connectivity index (χ3n) is 3.27. The van der Waals surface area contributed by atoms with Gasteiger partial charge >= 0.3 is 0 Å². The lowest BCUT2D eigenvalue weighted by atomic mass is 9.93. The van der Waals surface area contributed by atoms with Crippen molar-refractivity contribution in [3.63, 3.8) is 0 Å². The number of hydrogen-bond acceptors (Lipinski definition) is 2. The van der Waals surface area contributed by atoms with Crippen LogP contribution in [0.5, 0.6) is 0 Å². The molecule has 0 spiro atoms. The van der Waals surface area contributed by atoms with Crippen molar-refractivity contribution in [3.05, 3.63) is 71.8 Å². The topological polar surface area (TPSA) is 9.23 Å². The molecule has 0 N–H and O–H groups in total. The van der Waals surface area contributed by atoms with Crippen LogP contribution in [0.4, 0.5) is 0 Å². The van der Waals surface area contributed by atoms with Crippen molar-refractivity contribution in [2.45, 2.75) is 19.8 Å². The monoisotopic (exact) mass is 284 g/mol. The van der Waals surface area contributed by atoms with Gasteiger partial charge in [-0.1, -0.05) is 60.7 Å². The summed E-state index contributed by atoms with van der Waals surface area (Å²) in [6.07, 6.45) is 1.85. The minimum atomic E-state index is 0.245. The molecule has 0 aliphatic carbocycles. The standard InChI is InChI=1S/C18H20OS/c1-2-19-18(20)17(13-15-9-5-3-6-10-15)14-16-11-7-4-8-12-16/h3-12,17H,2,13-14H2,1H3. The van der Waals surface area contributed by atoms with Gasteiger partial charge in [-0.25, -0.2) is 0 Å². The van der Waals surface area contributed by atoms with Crippen molar-refractivity contribution in [3.8, 4) is 0 Å². The van der Waals surface area contributed by atoms with E-state index in [1.54, 1.807) is 0 Å². The van der Waals surface area contributed by atoms with Crippen molar-refractivity contribution in [1.29, 1.82) is 0 Å². The highest BCUT2D eigenvalue weighted by Crippen LogP contribution is 2.17. The second kappa shape index (κ2) is 7.81. The fraction of sp³-hybridized carbons (Fsp3) is 0.278. The smallest absolute Gasteiger partial charge is 0.163 e. The molecular weight excluding hydrogens is 264 g/mol. The van der Waals surface area contributed by atoms with Gasteiger partial charge in [0, 0.05) is 5.92 Å². The molecule has 0 amide bonds. The molecule has 2 rings (SSSR count). The molecule has 0 aliphatic heterocycles. The Hall–Kier alpha value is -1.67. The first-order chi connectivity index (χ1) is 9.79. The Labute approximate surface area is 126 Å². The van der Waals surface area contributed by atoms with Gasteiger partial charge in [0.15, 0.2) is 5.05 Å². The third-order valence-corrected chi connectivity index (χ3v) is 3.72. The van der Waals surface area contributed by atoms with Gasteiger partial charge in [-0.15, -0.1) is 0 Å². The molecule has 20 heavy (non-hydrogen) atoms. The zero-order valence-corrected chi connectivity index (χ0v) is 12.6. The van der Waals surface area contributed by atoms with E-state index in [4.69, 9.17) is 17.0 Å². The molecule has 104 valence electrons. The van der Waals surface area contributed by atoms with E-state index in [0.29, 0.717) is 6.61 Å². The zero-order chi connectivity index (χ0) is 14.2. The zero-order valence-electron chi connectivity index (χ0n) is 11.8. The number of hydrogen-bond donors (Lipinski definition) is 0. The lowest BCUT2D eigenvalue weighted by molar-refractivity contribution is 0.309. The molecule has 0 saturated heterocycles. The second-order valence-corrected chi connectivity index (χ2v) is 5.23. The maximum Gasteiger partial charge on any atom is 0.163 e. The number of ether oxygens (including phenoxy) is 1. The highest BCUT2D eigenvalue weighted by atomic mass is 32.1. The van der Waals surface area contributed by atoms with Gasteiger partial charge in [-0.2, -0.15) is 0 Å². The normalized spacial score (nSPS) is 10.5. The van der Waals surface area contributed by atoms with Gasteiger partial charge < -0.3 is 4.74 Å². The summed E-state index contributed by atoms with van der Waals surface area (Å²) in [5, 5.41) is 0.722. The molecule has 0 radical (unpaired) electrons. The van der Waals surface area contributed by atoms with Crippen molar-refractivity contribution >= 4 is 17.3 Å². The molecule has 0 heterocycles. The van der Waals surface area contributed by atoms with Crippen LogP contribution in [0.15, 0.2) is 60.7 Å². The molecule has 0 saturated carbocycles.